The van der Waals surface area contributed by atoms with Crippen molar-refractivity contribution in [3.63, 3.8) is 0 Å². The van der Waals surface area contributed by atoms with Crippen molar-refractivity contribution < 1.29 is 47.5 Å². The molecule has 0 saturated heterocycles. The van der Waals surface area contributed by atoms with Gasteiger partial charge in [-0.25, -0.2) is 0 Å². The Hall–Kier alpha value is 0.420. The molecule has 0 aromatic heterocycles. The van der Waals surface area contributed by atoms with E-state index in [1.54, 1.807) is 6.92 Å². The summed E-state index contributed by atoms with van der Waals surface area (Å²) >= 11 is 0. The van der Waals surface area contributed by atoms with Gasteiger partial charge in [0.15, 0.2) is 0 Å². The maximum absolute atomic E-state index is 10.9. The number of unbranched alkanes of at least 4 members (excludes halogenated alkanes) is 4. The number of carbonyl (C=O) groups is 1. The van der Waals surface area contributed by atoms with E-state index in [2.05, 4.69) is 0 Å². The molecule has 4 nitrogen and oxygen atoms in total. The summed E-state index contributed by atoms with van der Waals surface area (Å²) < 4.78 is 25.2. The molecule has 0 aliphatic carbocycles. The van der Waals surface area contributed by atoms with Gasteiger partial charge in [0.1, 0.15) is 0 Å². The monoisotopic (exact) mass is 258 g/mol. The Morgan fingerprint density at radius 2 is 1.62 bits per heavy atom. The Kier molecular flexibility index (Phi) is 15.8. The average molecular weight is 258 g/mol. The van der Waals surface area contributed by atoms with E-state index in [0.29, 0.717) is 13.0 Å². The predicted octanol–water partition coefficient (Wildman–Crippen LogP) is -0.797. The van der Waals surface area contributed by atoms with Gasteiger partial charge in [-0.3, -0.25) is 4.79 Å². The van der Waals surface area contributed by atoms with Crippen LogP contribution in [0.1, 0.15) is 45.4 Å². The van der Waals surface area contributed by atoms with Gasteiger partial charge in [-0.2, -0.15) is 0 Å². The van der Waals surface area contributed by atoms with Crippen molar-refractivity contribution >= 4 is 16.7 Å². The molecule has 6 heteroatoms. The third-order valence-electron chi connectivity index (χ3n) is 2.00. The molecule has 0 spiro atoms. The summed E-state index contributed by atoms with van der Waals surface area (Å²) in [5.74, 6) is 0.107. The molecule has 0 atom stereocenters. The van der Waals surface area contributed by atoms with Crippen LogP contribution in [-0.4, -0.2) is 18.3 Å². The molecule has 0 fully saturated rings. The maximum Gasteiger partial charge on any atom is 1.00 e. The zero-order chi connectivity index (χ0) is 11.5. The summed E-state index contributed by atoms with van der Waals surface area (Å²) in [6.45, 7) is 2.23. The smallest absolute Gasteiger partial charge is 0.466 e. The molecule has 0 saturated carbocycles. The minimum Gasteiger partial charge on any atom is -0.466 e. The van der Waals surface area contributed by atoms with Gasteiger partial charge in [-0.05, 0) is 13.3 Å². The summed E-state index contributed by atoms with van der Waals surface area (Å²) in [6.07, 6.45) is 4.88. The largest absolute Gasteiger partial charge is 1.00 e. The second-order valence-corrected chi connectivity index (χ2v) is 4.35. The molecule has 0 rings (SSSR count). The number of hydrogen-bond donors (Lipinski definition) is 0. The molecule has 0 heterocycles. The Labute approximate surface area is 121 Å². The molecule has 0 amide bonds. The van der Waals surface area contributed by atoms with Gasteiger partial charge in [0, 0.05) is 6.42 Å². The first-order valence-electron chi connectivity index (χ1n) is 5.38. The molecule has 0 aliphatic rings. The van der Waals surface area contributed by atoms with E-state index in [1.165, 1.54) is 0 Å². The topological polar surface area (TPSA) is 60.4 Å². The standard InChI is InChI=1S/C10H19O4S.Na/c1-2-14-10(11)8-6-4-3-5-7-9-15(12)13;/h2-9H2,1H3;/q-1;+1. The van der Waals surface area contributed by atoms with Crippen LogP contribution in [0.5, 0.6) is 0 Å². The minimum atomic E-state index is -1.91. The molecule has 0 unspecified atom stereocenters. The summed E-state index contributed by atoms with van der Waals surface area (Å²) in [7, 11) is -1.91. The van der Waals surface area contributed by atoms with Crippen LogP contribution in [-0.2, 0) is 28.7 Å². The van der Waals surface area contributed by atoms with Gasteiger partial charge in [-0.15, -0.1) is 0 Å². The van der Waals surface area contributed by atoms with Crippen molar-refractivity contribution in [2.75, 3.05) is 12.4 Å². The van der Waals surface area contributed by atoms with Crippen molar-refractivity contribution in [2.45, 2.75) is 45.4 Å². The number of rotatable bonds is 9. The maximum atomic E-state index is 10.9. The molecule has 0 N–H and O–H groups in total. The minimum absolute atomic E-state index is 0. The van der Waals surface area contributed by atoms with E-state index in [-0.39, 0.29) is 41.3 Å². The molecule has 16 heavy (non-hydrogen) atoms. The first-order valence-corrected chi connectivity index (χ1v) is 6.62. The van der Waals surface area contributed by atoms with Gasteiger partial charge in [0.25, 0.3) is 0 Å². The summed E-state index contributed by atoms with van der Waals surface area (Å²) in [5.41, 5.74) is 0. The van der Waals surface area contributed by atoms with Gasteiger partial charge in [0.2, 0.25) is 0 Å². The van der Waals surface area contributed by atoms with E-state index < -0.39 is 10.7 Å². The first-order chi connectivity index (χ1) is 7.16. The Morgan fingerprint density at radius 1 is 1.06 bits per heavy atom. The Morgan fingerprint density at radius 3 is 2.19 bits per heavy atom. The molecule has 0 radical (unpaired) electrons. The third kappa shape index (κ3) is 14.4. The van der Waals surface area contributed by atoms with Crippen molar-refractivity contribution in [3.05, 3.63) is 0 Å². The Bertz CT molecular complexity index is 233. The quantitative estimate of drug-likeness (QED) is 0.235. The molecule has 0 aromatic rings. The van der Waals surface area contributed by atoms with E-state index in [4.69, 9.17) is 4.74 Å². The summed E-state index contributed by atoms with van der Waals surface area (Å²) in [5, 5.41) is 0. The second-order valence-electron chi connectivity index (χ2n) is 3.33. The van der Waals surface area contributed by atoms with Crippen LogP contribution in [0, 0.1) is 0 Å². The van der Waals surface area contributed by atoms with E-state index in [1.807, 2.05) is 0 Å². The van der Waals surface area contributed by atoms with Gasteiger partial charge in [-0.1, -0.05) is 42.1 Å². The first kappa shape index (κ1) is 18.8. The summed E-state index contributed by atoms with van der Waals surface area (Å²) in [4.78, 5) is 10.9. The zero-order valence-electron chi connectivity index (χ0n) is 10.2. The average Bonchev–Trinajstić information content (AvgIpc) is 2.16. The van der Waals surface area contributed by atoms with Crippen LogP contribution in [0.15, 0.2) is 0 Å². The molecule has 0 aliphatic heterocycles. The van der Waals surface area contributed by atoms with Crippen LogP contribution in [0.4, 0.5) is 0 Å². The number of carbonyl (C=O) groups excluding carboxylic acids is 1. The van der Waals surface area contributed by atoms with E-state index in [9.17, 15) is 13.2 Å². The molecular weight excluding hydrogens is 239 g/mol. The normalized spacial score (nSPS) is 9.88. The van der Waals surface area contributed by atoms with Crippen LogP contribution >= 0.6 is 0 Å². The van der Waals surface area contributed by atoms with Crippen molar-refractivity contribution in [1.82, 2.24) is 0 Å². The van der Waals surface area contributed by atoms with Gasteiger partial charge >= 0.3 is 35.5 Å². The van der Waals surface area contributed by atoms with E-state index in [0.717, 1.165) is 32.1 Å². The fourth-order valence-electron chi connectivity index (χ4n) is 1.25. The zero-order valence-corrected chi connectivity index (χ0v) is 13.0. The fourth-order valence-corrected chi connectivity index (χ4v) is 1.69. The van der Waals surface area contributed by atoms with E-state index >= 15 is 0 Å². The predicted molar refractivity (Wildman–Crippen MR) is 57.9 cm³/mol. The fraction of sp³-hybridized carbons (Fsp3) is 0.900. The van der Waals surface area contributed by atoms with Crippen molar-refractivity contribution in [1.29, 1.82) is 0 Å². The second kappa shape index (κ2) is 13.5. The molecule has 0 aromatic carbocycles. The van der Waals surface area contributed by atoms with Crippen LogP contribution in [0.2, 0.25) is 0 Å². The van der Waals surface area contributed by atoms with Crippen LogP contribution in [0.3, 0.4) is 0 Å². The third-order valence-corrected chi connectivity index (χ3v) is 2.62. The van der Waals surface area contributed by atoms with Crippen LogP contribution < -0.4 is 29.6 Å². The van der Waals surface area contributed by atoms with Gasteiger partial charge in [0.05, 0.1) is 6.61 Å². The van der Waals surface area contributed by atoms with Crippen molar-refractivity contribution in [3.8, 4) is 0 Å². The van der Waals surface area contributed by atoms with Crippen LogP contribution in [0.25, 0.3) is 0 Å². The molecular formula is C10H19NaO4S. The van der Waals surface area contributed by atoms with Crippen molar-refractivity contribution in [2.24, 2.45) is 0 Å². The van der Waals surface area contributed by atoms with Gasteiger partial charge < -0.3 is 13.2 Å². The number of hydrogen-bond acceptors (Lipinski definition) is 5. The summed E-state index contributed by atoms with van der Waals surface area (Å²) in [6, 6.07) is 0. The number of ether oxygens (including phenoxy) is 1. The SMILES string of the molecule is CCOC(=O)CCCCCCC[S-](=O)=O.[Na+]. The molecule has 0 bridgehead atoms. The number of esters is 1. The Balaban J connectivity index is 0. The molecule has 90 valence electrons.